The lowest BCUT2D eigenvalue weighted by Gasteiger charge is -2.14. The molecule has 1 aliphatic carbocycles. The number of rotatable bonds is 2. The summed E-state index contributed by atoms with van der Waals surface area (Å²) in [6.45, 7) is 1.77. The van der Waals surface area contributed by atoms with Crippen LogP contribution in [0.2, 0.25) is 0 Å². The van der Waals surface area contributed by atoms with Crippen molar-refractivity contribution in [2.24, 2.45) is 0 Å². The molecule has 20 heavy (non-hydrogen) atoms. The fraction of sp³-hybridized carbons (Fsp3) is 0.438. The van der Waals surface area contributed by atoms with Gasteiger partial charge in [0, 0.05) is 17.3 Å². The summed E-state index contributed by atoms with van der Waals surface area (Å²) in [5.41, 5.74) is 2.52. The number of carbonyl (C=O) groups excluding carboxylic acids is 1. The number of benzene rings is 1. The number of urea groups is 1. The maximum atomic E-state index is 11.9. The van der Waals surface area contributed by atoms with Gasteiger partial charge in [-0.05, 0) is 37.5 Å². The normalized spacial score (nSPS) is 14.5. The molecule has 2 amide bonds. The summed E-state index contributed by atoms with van der Waals surface area (Å²) in [4.78, 5) is 11.9. The van der Waals surface area contributed by atoms with Crippen molar-refractivity contribution < 1.29 is 9.90 Å². The van der Waals surface area contributed by atoms with Crippen molar-refractivity contribution in [2.75, 3.05) is 11.9 Å². The van der Waals surface area contributed by atoms with Crippen LogP contribution in [0.3, 0.4) is 0 Å². The molecule has 0 bridgehead atoms. The molecule has 4 heteroatoms. The van der Waals surface area contributed by atoms with Crippen LogP contribution < -0.4 is 10.6 Å². The fourth-order valence-corrected chi connectivity index (χ4v) is 2.39. The van der Waals surface area contributed by atoms with Crippen LogP contribution in [0.4, 0.5) is 10.5 Å². The second-order valence-corrected chi connectivity index (χ2v) is 5.07. The molecule has 106 valence electrons. The van der Waals surface area contributed by atoms with Crippen LogP contribution in [0.15, 0.2) is 18.2 Å². The number of carbonyl (C=O) groups is 1. The molecule has 1 aliphatic rings. The third-order valence-corrected chi connectivity index (χ3v) is 3.49. The quantitative estimate of drug-likeness (QED) is 0.724. The lowest BCUT2D eigenvalue weighted by molar-refractivity contribution is 0.248. The Balaban J connectivity index is 2.01. The Bertz CT molecular complexity index is 537. The minimum atomic E-state index is -0.168. The van der Waals surface area contributed by atoms with E-state index in [0.717, 1.165) is 29.7 Å². The highest BCUT2D eigenvalue weighted by Crippen LogP contribution is 2.19. The molecule has 0 atom stereocenters. The standard InChI is InChI=1S/C16H20N2O2/c1-12-8-9-13(5-4-10-19)11-15(12)18-16(20)17-14-6-2-3-7-14/h8-9,11,14,19H,2-3,6-7,10H2,1H3,(H2,17,18,20). The second-order valence-electron chi connectivity index (χ2n) is 5.07. The zero-order chi connectivity index (χ0) is 14.4. The fourth-order valence-electron chi connectivity index (χ4n) is 2.39. The van der Waals surface area contributed by atoms with Gasteiger partial charge in [-0.15, -0.1) is 0 Å². The molecule has 1 saturated carbocycles. The van der Waals surface area contributed by atoms with Crippen LogP contribution in [-0.4, -0.2) is 23.8 Å². The number of aliphatic hydroxyl groups excluding tert-OH is 1. The highest BCUT2D eigenvalue weighted by molar-refractivity contribution is 5.90. The third-order valence-electron chi connectivity index (χ3n) is 3.49. The molecular formula is C16H20N2O2. The Hall–Kier alpha value is -1.99. The molecular weight excluding hydrogens is 252 g/mol. The summed E-state index contributed by atoms with van der Waals surface area (Å²) in [6, 6.07) is 5.75. The van der Waals surface area contributed by atoms with Crippen LogP contribution >= 0.6 is 0 Å². The highest BCUT2D eigenvalue weighted by atomic mass is 16.2. The summed E-state index contributed by atoms with van der Waals surface area (Å²) in [5, 5.41) is 14.6. The molecule has 0 aromatic heterocycles. The zero-order valence-corrected chi connectivity index (χ0v) is 11.7. The summed E-state index contributed by atoms with van der Waals surface area (Å²) in [7, 11) is 0. The first-order valence-corrected chi connectivity index (χ1v) is 6.97. The average molecular weight is 272 g/mol. The Morgan fingerprint density at radius 3 is 2.85 bits per heavy atom. The van der Waals surface area contributed by atoms with E-state index in [4.69, 9.17) is 5.11 Å². The number of hydrogen-bond donors (Lipinski definition) is 3. The molecule has 0 radical (unpaired) electrons. The van der Waals surface area contributed by atoms with E-state index in [-0.39, 0.29) is 12.6 Å². The number of anilines is 1. The molecule has 0 unspecified atom stereocenters. The minimum Gasteiger partial charge on any atom is -0.384 e. The maximum Gasteiger partial charge on any atom is 0.319 e. The number of hydrogen-bond acceptors (Lipinski definition) is 2. The number of nitrogens with one attached hydrogen (secondary N) is 2. The number of aliphatic hydroxyl groups is 1. The summed E-state index contributed by atoms with van der Waals surface area (Å²) in [5.74, 6) is 5.44. The first kappa shape index (κ1) is 14.4. The van der Waals surface area contributed by atoms with Crippen molar-refractivity contribution in [3.8, 4) is 11.8 Å². The van der Waals surface area contributed by atoms with Crippen LogP contribution in [0.5, 0.6) is 0 Å². The highest BCUT2D eigenvalue weighted by Gasteiger charge is 2.17. The largest absolute Gasteiger partial charge is 0.384 e. The van der Waals surface area contributed by atoms with Gasteiger partial charge in [-0.2, -0.15) is 0 Å². The van der Waals surface area contributed by atoms with Crippen LogP contribution in [0.25, 0.3) is 0 Å². The van der Waals surface area contributed by atoms with E-state index < -0.39 is 0 Å². The molecule has 0 spiro atoms. The van der Waals surface area contributed by atoms with Crippen LogP contribution in [-0.2, 0) is 0 Å². The molecule has 3 N–H and O–H groups in total. The third kappa shape index (κ3) is 4.01. The van der Waals surface area contributed by atoms with Gasteiger partial charge < -0.3 is 15.7 Å². The molecule has 1 fully saturated rings. The first-order chi connectivity index (χ1) is 9.69. The van der Waals surface area contributed by atoms with Crippen LogP contribution in [0, 0.1) is 18.8 Å². The molecule has 0 aliphatic heterocycles. The van der Waals surface area contributed by atoms with Crippen molar-refractivity contribution >= 4 is 11.7 Å². The topological polar surface area (TPSA) is 61.4 Å². The minimum absolute atomic E-state index is 0.160. The monoisotopic (exact) mass is 272 g/mol. The zero-order valence-electron chi connectivity index (χ0n) is 11.7. The van der Waals surface area contributed by atoms with Crippen molar-refractivity contribution in [1.82, 2.24) is 5.32 Å². The SMILES string of the molecule is Cc1ccc(C#CCO)cc1NC(=O)NC1CCCC1. The molecule has 0 heterocycles. The Morgan fingerprint density at radius 2 is 2.15 bits per heavy atom. The van der Waals surface area contributed by atoms with Gasteiger partial charge in [-0.25, -0.2) is 4.79 Å². The van der Waals surface area contributed by atoms with Gasteiger partial charge in [-0.3, -0.25) is 0 Å². The second kappa shape index (κ2) is 6.97. The molecule has 4 nitrogen and oxygen atoms in total. The van der Waals surface area contributed by atoms with Gasteiger partial charge in [0.15, 0.2) is 0 Å². The van der Waals surface area contributed by atoms with Crippen molar-refractivity contribution in [3.63, 3.8) is 0 Å². The lowest BCUT2D eigenvalue weighted by Crippen LogP contribution is -2.36. The predicted molar refractivity (Wildman–Crippen MR) is 79.6 cm³/mol. The van der Waals surface area contributed by atoms with Gasteiger partial charge in [-0.1, -0.05) is 30.7 Å². The van der Waals surface area contributed by atoms with E-state index in [2.05, 4.69) is 22.5 Å². The summed E-state index contributed by atoms with van der Waals surface area (Å²) < 4.78 is 0. The van der Waals surface area contributed by atoms with E-state index >= 15 is 0 Å². The van der Waals surface area contributed by atoms with E-state index in [1.807, 2.05) is 25.1 Å². The average Bonchev–Trinajstić information content (AvgIpc) is 2.92. The number of amides is 2. The smallest absolute Gasteiger partial charge is 0.319 e. The number of aryl methyl sites for hydroxylation is 1. The van der Waals surface area contributed by atoms with Crippen molar-refractivity contribution in [1.29, 1.82) is 0 Å². The predicted octanol–water partition coefficient (Wildman–Crippen LogP) is 2.40. The molecule has 0 saturated heterocycles. The summed E-state index contributed by atoms with van der Waals surface area (Å²) >= 11 is 0. The van der Waals surface area contributed by atoms with E-state index in [1.54, 1.807) is 0 Å². The van der Waals surface area contributed by atoms with Gasteiger partial charge >= 0.3 is 6.03 Å². The Kier molecular flexibility index (Phi) is 5.03. The molecule has 2 rings (SSSR count). The van der Waals surface area contributed by atoms with Gasteiger partial charge in [0.1, 0.15) is 6.61 Å². The van der Waals surface area contributed by atoms with E-state index in [1.165, 1.54) is 12.8 Å². The van der Waals surface area contributed by atoms with Crippen molar-refractivity contribution in [3.05, 3.63) is 29.3 Å². The van der Waals surface area contributed by atoms with E-state index in [0.29, 0.717) is 6.04 Å². The Labute approximate surface area is 119 Å². The van der Waals surface area contributed by atoms with Gasteiger partial charge in [0.25, 0.3) is 0 Å². The first-order valence-electron chi connectivity index (χ1n) is 6.97. The molecule has 1 aromatic carbocycles. The summed E-state index contributed by atoms with van der Waals surface area (Å²) in [6.07, 6.45) is 4.51. The Morgan fingerprint density at radius 1 is 1.40 bits per heavy atom. The van der Waals surface area contributed by atoms with Crippen molar-refractivity contribution in [2.45, 2.75) is 38.6 Å². The maximum absolute atomic E-state index is 11.9. The molecule has 1 aromatic rings. The van der Waals surface area contributed by atoms with Gasteiger partial charge in [0.05, 0.1) is 0 Å². The van der Waals surface area contributed by atoms with E-state index in [9.17, 15) is 4.79 Å². The van der Waals surface area contributed by atoms with Gasteiger partial charge in [0.2, 0.25) is 0 Å². The lowest BCUT2D eigenvalue weighted by atomic mass is 10.1. The van der Waals surface area contributed by atoms with Crippen LogP contribution in [0.1, 0.15) is 36.8 Å².